The lowest BCUT2D eigenvalue weighted by molar-refractivity contribution is -0.127. The third-order valence-electron chi connectivity index (χ3n) is 5.72. The van der Waals surface area contributed by atoms with E-state index in [2.05, 4.69) is 22.7 Å². The highest BCUT2D eigenvalue weighted by atomic mass is 16.6. The van der Waals surface area contributed by atoms with Gasteiger partial charge in [-0.05, 0) is 30.7 Å². The van der Waals surface area contributed by atoms with Gasteiger partial charge in [-0.1, -0.05) is 29.4 Å². The van der Waals surface area contributed by atoms with Crippen LogP contribution >= 0.6 is 0 Å². The van der Waals surface area contributed by atoms with E-state index in [1.807, 2.05) is 36.4 Å². The van der Waals surface area contributed by atoms with E-state index in [1.54, 1.807) is 0 Å². The minimum absolute atomic E-state index is 0.0842. The van der Waals surface area contributed by atoms with Crippen molar-refractivity contribution in [3.8, 4) is 0 Å². The Hall–Kier alpha value is -3.55. The molecule has 1 saturated heterocycles. The van der Waals surface area contributed by atoms with Crippen LogP contribution in [0.15, 0.2) is 47.6 Å². The van der Waals surface area contributed by atoms with Crippen molar-refractivity contribution in [3.63, 3.8) is 0 Å². The number of fused-ring (bicyclic) bond motifs is 3. The molecule has 0 saturated carbocycles. The molecule has 3 aromatic rings. The molecule has 2 aromatic carbocycles. The van der Waals surface area contributed by atoms with Gasteiger partial charge in [0, 0.05) is 34.8 Å². The third-order valence-corrected chi connectivity index (χ3v) is 5.72. The van der Waals surface area contributed by atoms with Gasteiger partial charge in [0.1, 0.15) is 7.11 Å². The summed E-state index contributed by atoms with van der Waals surface area (Å²) in [5.74, 6) is -0.656. The summed E-state index contributed by atoms with van der Waals surface area (Å²) in [5.41, 5.74) is 13.3. The van der Waals surface area contributed by atoms with Crippen molar-refractivity contribution in [2.24, 2.45) is 16.6 Å². The molecule has 1 aliphatic rings. The van der Waals surface area contributed by atoms with Crippen molar-refractivity contribution < 1.29 is 14.4 Å². The molecule has 4 N–H and O–H groups in total. The lowest BCUT2D eigenvalue weighted by Crippen LogP contribution is -2.55. The van der Waals surface area contributed by atoms with Crippen molar-refractivity contribution >= 4 is 39.5 Å². The number of hydrogen-bond donors (Lipinski definition) is 2. The zero-order valence-electron chi connectivity index (χ0n) is 16.4. The van der Waals surface area contributed by atoms with Crippen molar-refractivity contribution in [3.05, 3.63) is 48.0 Å². The molecule has 4 rings (SSSR count). The number of nitrogens with zero attached hydrogens (tertiary/aromatic N) is 3. The van der Waals surface area contributed by atoms with Crippen LogP contribution in [0.3, 0.4) is 0 Å². The van der Waals surface area contributed by atoms with E-state index in [9.17, 15) is 9.59 Å². The second-order valence-corrected chi connectivity index (χ2v) is 7.16. The standard InChI is InChI=1S/C21H23N5O3/c1-3-25-17-7-5-4-6-15(17)16-10-13(8-9-18(16)25)21(19(22)27)11-14(24-29-2)12-26(21)20(23)28/h4-10H,3,11-12H2,1-2H3,(H2,22,27)(H2,23,28)/b24-14+. The monoisotopic (exact) mass is 393 g/mol. The number of nitrogens with two attached hydrogens (primary N) is 2. The predicted molar refractivity (Wildman–Crippen MR) is 111 cm³/mol. The van der Waals surface area contributed by atoms with Crippen LogP contribution in [-0.4, -0.2) is 40.8 Å². The summed E-state index contributed by atoms with van der Waals surface area (Å²) >= 11 is 0. The molecule has 1 fully saturated rings. The fourth-order valence-corrected chi connectivity index (χ4v) is 4.49. The van der Waals surface area contributed by atoms with Crippen LogP contribution in [0.1, 0.15) is 18.9 Å². The molecule has 1 atom stereocenters. The lowest BCUT2D eigenvalue weighted by atomic mass is 9.85. The van der Waals surface area contributed by atoms with Crippen molar-refractivity contribution in [1.29, 1.82) is 0 Å². The fraction of sp³-hybridized carbons (Fsp3) is 0.286. The van der Waals surface area contributed by atoms with Gasteiger partial charge in [0.2, 0.25) is 5.91 Å². The number of aromatic nitrogens is 1. The first-order chi connectivity index (χ1) is 13.9. The lowest BCUT2D eigenvalue weighted by Gasteiger charge is -2.34. The molecule has 150 valence electrons. The van der Waals surface area contributed by atoms with Gasteiger partial charge in [0.25, 0.3) is 0 Å². The summed E-state index contributed by atoms with van der Waals surface area (Å²) in [5, 5.41) is 6.00. The number of aryl methyl sites for hydroxylation is 1. The molecule has 29 heavy (non-hydrogen) atoms. The summed E-state index contributed by atoms with van der Waals surface area (Å²) in [6, 6.07) is 13.1. The maximum absolute atomic E-state index is 12.7. The molecule has 3 amide bonds. The van der Waals surface area contributed by atoms with E-state index < -0.39 is 17.5 Å². The van der Waals surface area contributed by atoms with Gasteiger partial charge in [-0.3, -0.25) is 4.79 Å². The van der Waals surface area contributed by atoms with Gasteiger partial charge in [-0.25, -0.2) is 4.79 Å². The topological polar surface area (TPSA) is 116 Å². The maximum atomic E-state index is 12.7. The molecule has 0 radical (unpaired) electrons. The van der Waals surface area contributed by atoms with Crippen LogP contribution in [-0.2, 0) is 21.7 Å². The van der Waals surface area contributed by atoms with Crippen LogP contribution in [0.25, 0.3) is 21.8 Å². The summed E-state index contributed by atoms with van der Waals surface area (Å²) < 4.78 is 2.21. The summed E-state index contributed by atoms with van der Waals surface area (Å²) in [4.78, 5) is 31.1. The second-order valence-electron chi connectivity index (χ2n) is 7.16. The zero-order chi connectivity index (χ0) is 20.8. The molecule has 1 aromatic heterocycles. The highest BCUT2D eigenvalue weighted by Crippen LogP contribution is 2.40. The van der Waals surface area contributed by atoms with Gasteiger partial charge in [-0.15, -0.1) is 0 Å². The Balaban J connectivity index is 2.00. The van der Waals surface area contributed by atoms with Crippen LogP contribution in [0.4, 0.5) is 4.79 Å². The number of oxime groups is 1. The number of amides is 3. The molecule has 2 heterocycles. The Kier molecular flexibility index (Phi) is 4.41. The number of hydrogen-bond acceptors (Lipinski definition) is 4. The number of urea groups is 1. The first-order valence-electron chi connectivity index (χ1n) is 9.41. The maximum Gasteiger partial charge on any atom is 0.316 e. The largest absolute Gasteiger partial charge is 0.399 e. The van der Waals surface area contributed by atoms with E-state index in [4.69, 9.17) is 16.3 Å². The normalized spacial score (nSPS) is 20.6. The Morgan fingerprint density at radius 1 is 1.14 bits per heavy atom. The Bertz CT molecular complexity index is 1170. The number of carbonyl (C=O) groups excluding carboxylic acids is 2. The number of benzene rings is 2. The number of carbonyl (C=O) groups is 2. The summed E-state index contributed by atoms with van der Waals surface area (Å²) in [6.45, 7) is 2.98. The molecule has 1 unspecified atom stereocenters. The molecule has 8 nitrogen and oxygen atoms in total. The molecule has 1 aliphatic heterocycles. The minimum atomic E-state index is -1.41. The van der Waals surface area contributed by atoms with E-state index in [-0.39, 0.29) is 13.0 Å². The van der Waals surface area contributed by atoms with Crippen LogP contribution in [0, 0.1) is 0 Å². The number of likely N-dealkylation sites (tertiary alicyclic amines) is 1. The van der Waals surface area contributed by atoms with Crippen molar-refractivity contribution in [2.45, 2.75) is 25.4 Å². The average Bonchev–Trinajstić information content (AvgIpc) is 3.25. The first kappa shape index (κ1) is 18.8. The van der Waals surface area contributed by atoms with Crippen LogP contribution in [0.5, 0.6) is 0 Å². The molecule has 0 spiro atoms. The average molecular weight is 393 g/mol. The second kappa shape index (κ2) is 6.80. The Labute approximate surface area is 167 Å². The smallest absolute Gasteiger partial charge is 0.316 e. The Morgan fingerprint density at radius 3 is 2.52 bits per heavy atom. The van der Waals surface area contributed by atoms with Gasteiger partial charge < -0.3 is 25.8 Å². The van der Waals surface area contributed by atoms with Gasteiger partial charge >= 0.3 is 6.03 Å². The SMILES string of the molecule is CCn1c2ccccc2c2cc(C3(C(N)=O)C/C(=N\OC)CN3C(N)=O)ccc21. The van der Waals surface area contributed by atoms with Crippen LogP contribution < -0.4 is 11.5 Å². The molecule has 0 bridgehead atoms. The number of rotatable bonds is 4. The highest BCUT2D eigenvalue weighted by Gasteiger charge is 2.52. The van der Waals surface area contributed by atoms with Gasteiger partial charge in [0.05, 0.1) is 12.3 Å². The minimum Gasteiger partial charge on any atom is -0.399 e. The van der Waals surface area contributed by atoms with E-state index in [0.717, 1.165) is 28.4 Å². The van der Waals surface area contributed by atoms with E-state index in [1.165, 1.54) is 12.0 Å². The Morgan fingerprint density at radius 2 is 1.86 bits per heavy atom. The van der Waals surface area contributed by atoms with Crippen LogP contribution in [0.2, 0.25) is 0 Å². The molecular formula is C21H23N5O3. The first-order valence-corrected chi connectivity index (χ1v) is 9.41. The van der Waals surface area contributed by atoms with Crippen molar-refractivity contribution in [2.75, 3.05) is 13.7 Å². The molecule has 0 aliphatic carbocycles. The molecular weight excluding hydrogens is 370 g/mol. The van der Waals surface area contributed by atoms with Gasteiger partial charge in [-0.2, -0.15) is 0 Å². The number of primary amides is 2. The van der Waals surface area contributed by atoms with Gasteiger partial charge in [0.15, 0.2) is 5.54 Å². The predicted octanol–water partition coefficient (Wildman–Crippen LogP) is 2.28. The fourth-order valence-electron chi connectivity index (χ4n) is 4.49. The summed E-state index contributed by atoms with van der Waals surface area (Å²) in [6.07, 6.45) is 0.136. The quantitative estimate of drug-likeness (QED) is 0.662. The zero-order valence-corrected chi connectivity index (χ0v) is 16.4. The highest BCUT2D eigenvalue weighted by molar-refractivity contribution is 6.09. The van der Waals surface area contributed by atoms with Crippen molar-refractivity contribution in [1.82, 2.24) is 9.47 Å². The third kappa shape index (κ3) is 2.63. The summed E-state index contributed by atoms with van der Waals surface area (Å²) in [7, 11) is 1.41. The number of para-hydroxylation sites is 1. The molecule has 8 heteroatoms. The van der Waals surface area contributed by atoms with E-state index in [0.29, 0.717) is 11.3 Å². The van der Waals surface area contributed by atoms with E-state index >= 15 is 0 Å².